The maximum absolute atomic E-state index is 13.3. The van der Waals surface area contributed by atoms with E-state index in [1.165, 1.54) is 29.6 Å². The zero-order valence-electron chi connectivity index (χ0n) is 41.9. The summed E-state index contributed by atoms with van der Waals surface area (Å²) in [6, 6.07) is 32.9. The number of Topliss-reactive ketones (excluding diaryl/α,β-unsaturated/α-hetero) is 1. The number of carbonyl (C=O) groups is 2. The van der Waals surface area contributed by atoms with E-state index in [1.807, 2.05) is 91.9 Å². The molecule has 9 aromatic rings. The monoisotopic (exact) mass is 1010 g/mol. The maximum atomic E-state index is 13.3. The summed E-state index contributed by atoms with van der Waals surface area (Å²) in [6.07, 6.45) is 13.9. The van der Waals surface area contributed by atoms with Gasteiger partial charge in [-0.1, -0.05) is 113 Å². The van der Waals surface area contributed by atoms with Crippen LogP contribution in [0, 0.1) is 5.92 Å². The van der Waals surface area contributed by atoms with E-state index < -0.39 is 0 Å². The van der Waals surface area contributed by atoms with Crippen molar-refractivity contribution in [3.05, 3.63) is 132 Å². The van der Waals surface area contributed by atoms with Crippen molar-refractivity contribution in [1.82, 2.24) is 76.3 Å². The molecule has 0 spiro atoms. The van der Waals surface area contributed by atoms with Crippen molar-refractivity contribution in [2.75, 3.05) is 0 Å². The number of tetrazole rings is 3. The summed E-state index contributed by atoms with van der Waals surface area (Å²) in [4.78, 5) is 30.9. The summed E-state index contributed by atoms with van der Waals surface area (Å²) >= 11 is 0. The predicted molar refractivity (Wildman–Crippen MR) is 272 cm³/mol. The molecule has 5 heterocycles. The van der Waals surface area contributed by atoms with Crippen LogP contribution in [-0.2, 0) is 31.1 Å². The molecule has 73 heavy (non-hydrogen) atoms. The van der Waals surface area contributed by atoms with Gasteiger partial charge in [0, 0.05) is 46.7 Å². The molecule has 0 bridgehead atoms. The third kappa shape index (κ3) is 14.0. The van der Waals surface area contributed by atoms with E-state index in [-0.39, 0.29) is 36.1 Å². The lowest BCUT2D eigenvalue weighted by atomic mass is 9.95. The van der Waals surface area contributed by atoms with Crippen LogP contribution in [0.15, 0.2) is 114 Å². The average molecular weight is 1010 g/mol. The van der Waals surface area contributed by atoms with E-state index in [9.17, 15) is 9.59 Å². The fraction of sp³-hybridized carbons (Fsp3) is 0.358. The fourth-order valence-corrected chi connectivity index (χ4v) is 8.71. The molecule has 1 saturated carbocycles. The van der Waals surface area contributed by atoms with Gasteiger partial charge in [0.1, 0.15) is 17.9 Å². The number of rotatable bonds is 16. The fourth-order valence-electron chi connectivity index (χ4n) is 8.71. The van der Waals surface area contributed by atoms with Crippen molar-refractivity contribution in [2.45, 2.75) is 110 Å². The van der Waals surface area contributed by atoms with Crippen molar-refractivity contribution < 1.29 is 32.1 Å². The van der Waals surface area contributed by atoms with Gasteiger partial charge in [-0.05, 0) is 102 Å². The van der Waals surface area contributed by atoms with Gasteiger partial charge in [0.2, 0.25) is 17.5 Å². The molecular formula is C53H63ClN16O3. The van der Waals surface area contributed by atoms with E-state index >= 15 is 0 Å². The average Bonchev–Trinajstić information content (AvgIpc) is 4.29. The van der Waals surface area contributed by atoms with Crippen LogP contribution < -0.4 is 23.5 Å². The first kappa shape index (κ1) is 53.0. The van der Waals surface area contributed by atoms with Crippen LogP contribution >= 0.6 is 0 Å². The van der Waals surface area contributed by atoms with Gasteiger partial charge in [-0.25, -0.2) is 4.98 Å². The van der Waals surface area contributed by atoms with Crippen molar-refractivity contribution in [3.8, 4) is 45.6 Å². The van der Waals surface area contributed by atoms with Gasteiger partial charge in [-0.2, -0.15) is 15.2 Å². The second kappa shape index (κ2) is 25.6. The molecule has 1 aliphatic carbocycles. The number of H-pyrrole nitrogens is 2. The van der Waals surface area contributed by atoms with Crippen molar-refractivity contribution in [3.63, 3.8) is 0 Å². The highest BCUT2D eigenvalue weighted by molar-refractivity contribution is 5.98. The molecule has 10 rings (SSSR count). The van der Waals surface area contributed by atoms with Gasteiger partial charge < -0.3 is 32.4 Å². The molecule has 5 aromatic heterocycles. The van der Waals surface area contributed by atoms with Crippen LogP contribution in [0.2, 0.25) is 0 Å². The normalized spacial score (nSPS) is 13.7. The molecule has 1 amide bonds. The van der Waals surface area contributed by atoms with Crippen LogP contribution in [0.1, 0.15) is 106 Å². The highest BCUT2D eigenvalue weighted by Crippen LogP contribution is 2.36. The number of benzene rings is 4. The van der Waals surface area contributed by atoms with Gasteiger partial charge in [0.15, 0.2) is 0 Å². The Morgan fingerprint density at radius 3 is 1.84 bits per heavy atom. The van der Waals surface area contributed by atoms with Crippen molar-refractivity contribution in [2.24, 2.45) is 13.0 Å². The topological polar surface area (TPSA) is 257 Å². The molecule has 0 unspecified atom stereocenters. The first-order valence-corrected chi connectivity index (χ1v) is 24.7. The highest BCUT2D eigenvalue weighted by Gasteiger charge is 2.24. The smallest absolute Gasteiger partial charge is 0.251 e. The number of nitrogens with zero attached hydrogens (tertiary/aromatic N) is 12. The van der Waals surface area contributed by atoms with Crippen LogP contribution in [0.5, 0.6) is 0 Å². The zero-order valence-corrected chi connectivity index (χ0v) is 42.7. The number of aromatic nitrogens is 14. The van der Waals surface area contributed by atoms with E-state index in [2.05, 4.69) is 98.3 Å². The molecule has 6 N–H and O–H groups in total. The molecule has 380 valence electrons. The van der Waals surface area contributed by atoms with E-state index in [0.717, 1.165) is 95.2 Å². The maximum Gasteiger partial charge on any atom is 0.251 e. The van der Waals surface area contributed by atoms with Crippen LogP contribution in [-0.4, -0.2) is 94.8 Å². The summed E-state index contributed by atoms with van der Waals surface area (Å²) in [7, 11) is 1.74. The lowest BCUT2D eigenvalue weighted by molar-refractivity contribution is -0.419. The molecule has 19 nitrogen and oxygen atoms in total. The lowest BCUT2D eigenvalue weighted by Gasteiger charge is -2.25. The Balaban J connectivity index is 0.000000185. The number of hydrogen-bond acceptors (Lipinski definition) is 13. The number of hydrogen-bond donors (Lipinski definition) is 4. The molecule has 0 radical (unpaired) electrons. The second-order valence-electron chi connectivity index (χ2n) is 18.5. The second-order valence-corrected chi connectivity index (χ2v) is 18.5. The molecule has 1 fully saturated rings. The minimum atomic E-state index is -0.0840. The Labute approximate surface area is 430 Å². The summed E-state index contributed by atoms with van der Waals surface area (Å²) in [5, 5.41) is 43.1. The molecule has 3 atom stereocenters. The number of furan rings is 1. The first-order chi connectivity index (χ1) is 35.0. The minimum absolute atomic E-state index is 0. The third-order valence-electron chi connectivity index (χ3n) is 13.2. The largest absolute Gasteiger partial charge is 1.00 e. The van der Waals surface area contributed by atoms with E-state index in [0.29, 0.717) is 35.1 Å². The number of aryl methyl sites for hydroxylation is 1. The molecule has 20 heteroatoms. The van der Waals surface area contributed by atoms with Crippen LogP contribution in [0.4, 0.5) is 0 Å². The summed E-state index contributed by atoms with van der Waals surface area (Å²) in [6.45, 7) is 7.82. The van der Waals surface area contributed by atoms with E-state index in [4.69, 9.17) is 9.40 Å². The molecular weight excluding hydrogens is 944 g/mol. The number of ketones is 1. The Hall–Kier alpha value is -7.77. The zero-order chi connectivity index (χ0) is 50.4. The number of nitrogens with one attached hydrogen (secondary N) is 3. The lowest BCUT2D eigenvalue weighted by Crippen LogP contribution is -3.00. The molecule has 1 aliphatic rings. The number of imidazole rings is 1. The van der Waals surface area contributed by atoms with Gasteiger partial charge in [-0.15, -0.1) is 30.6 Å². The number of carbonyl (C=O) groups excluding carboxylic acids is 2. The summed E-state index contributed by atoms with van der Waals surface area (Å²) in [5.74, 6) is 2.92. The Kier molecular flexibility index (Phi) is 18.6. The molecule has 0 saturated heterocycles. The van der Waals surface area contributed by atoms with Gasteiger partial charge >= 0.3 is 0 Å². The number of halogens is 1. The molecule has 0 aliphatic heterocycles. The Bertz CT molecular complexity index is 3080. The third-order valence-corrected chi connectivity index (χ3v) is 13.2. The number of quaternary nitrogens is 1. The van der Waals surface area contributed by atoms with Gasteiger partial charge in [0.05, 0.1) is 35.9 Å². The minimum Gasteiger partial charge on any atom is -1.00 e. The van der Waals surface area contributed by atoms with E-state index in [1.54, 1.807) is 26.5 Å². The van der Waals surface area contributed by atoms with Gasteiger partial charge in [-0.3, -0.25) is 9.59 Å². The number of fused-ring (bicyclic) bond motifs is 1. The van der Waals surface area contributed by atoms with Crippen molar-refractivity contribution in [1.29, 1.82) is 0 Å². The van der Waals surface area contributed by atoms with Gasteiger partial charge in [0.25, 0.3) is 5.91 Å². The molecule has 4 aromatic carbocycles. The summed E-state index contributed by atoms with van der Waals surface area (Å²) in [5.41, 5.74) is 14.0. The van der Waals surface area contributed by atoms with Crippen molar-refractivity contribution >= 4 is 22.7 Å². The Morgan fingerprint density at radius 1 is 0.740 bits per heavy atom. The predicted octanol–water partition coefficient (Wildman–Crippen LogP) is 4.81. The van der Waals surface area contributed by atoms with Crippen LogP contribution in [0.25, 0.3) is 56.6 Å². The highest BCUT2D eigenvalue weighted by atomic mass is 35.5. The first-order valence-electron chi connectivity index (χ1n) is 24.7. The summed E-state index contributed by atoms with van der Waals surface area (Å²) < 4.78 is 7.73. The Morgan fingerprint density at radius 2 is 1.33 bits per heavy atom. The quantitative estimate of drug-likeness (QED) is 0.102. The standard InChI is InChI=1S/C29H31N7O2.C13H16N4O.C11H15N5.ClH/c1-2-23(16-19-8-10-20(11-9-19)27-32-34-35-33-27)30-29(37)21-12-13-26-25(17-21)31-28(22-14-15-38-18-22)36(26)24-6-4-3-5-7-24;1-9(10(2)18)8-11-4-6-12(7-5-11)13-14-16-17(3)15-13;1-2-10(12)7-8-3-5-9(6-4-8)11-13-15-16-14-11;/h8-15,17-18,23-24H,2-7,16H2,1H3,(H,30,37)(H,32,33,34,35);4-7,9H,8H2,1-3H3;3-6,10H,2,7,12H2,1H3,(H,13,14,15,16);1H/t23-;9-;10-;/m101./s1. The van der Waals surface area contributed by atoms with Crippen LogP contribution in [0.3, 0.4) is 0 Å². The number of aromatic amines is 2. The SMILES string of the molecule is CC(=O)[C@@H](C)Cc1ccc(-c2nnn(C)n2)cc1.CC[C@@H]([NH3+])Cc1ccc(-c2nn[nH]n2)cc1.CC[C@H](Cc1ccc(-c2nn[nH]n2)cc1)NC(=O)c1ccc2c(c1)nc(-c1ccoc1)n2C1CCCCC1.[Cl-]. The number of amides is 1.